The lowest BCUT2D eigenvalue weighted by atomic mass is 9.94. The molecule has 0 saturated heterocycles. The van der Waals surface area contributed by atoms with Gasteiger partial charge >= 0.3 is 5.97 Å². The second-order valence-electron chi connectivity index (χ2n) is 20.0. The number of nitrogens with one attached hydrogen (secondary N) is 1. The molecule has 0 heterocycles. The topological polar surface area (TPSA) is 167 Å². The zero-order chi connectivity index (χ0) is 50.8. The molecule has 18 heteroatoms. The number of aryl methyl sites for hydroxylation is 1. The number of carbonyl (C=O) groups is 2. The number of aliphatic hydroxyl groups is 2. The highest BCUT2D eigenvalue weighted by molar-refractivity contribution is 7.86. The molecule has 0 saturated carbocycles. The average molecular weight is 1050 g/mol. The fourth-order valence-electron chi connectivity index (χ4n) is 8.95. The Kier molecular flexibility index (Phi) is 17.9. The number of esters is 1. The first kappa shape index (κ1) is 55.9. The molecule has 68 heavy (non-hydrogen) atoms. The van der Waals surface area contributed by atoms with Crippen molar-refractivity contribution in [1.82, 2.24) is 5.32 Å². The maximum atomic E-state index is 14.2. The van der Waals surface area contributed by atoms with Crippen LogP contribution in [0.4, 0.5) is 0 Å². The van der Waals surface area contributed by atoms with Crippen molar-refractivity contribution in [2.45, 2.75) is 178 Å². The number of hydrogen-bond acceptors (Lipinski definition) is 11. The lowest BCUT2D eigenvalue weighted by Crippen LogP contribution is -2.42. The molecule has 3 aromatic rings. The zero-order valence-corrected chi connectivity index (χ0v) is 47.4. The summed E-state index contributed by atoms with van der Waals surface area (Å²) < 4.78 is 60.2. The van der Waals surface area contributed by atoms with Gasteiger partial charge in [0.25, 0.3) is 26.8 Å². The van der Waals surface area contributed by atoms with Gasteiger partial charge in [0.05, 0.1) is 33.5 Å². The summed E-state index contributed by atoms with van der Waals surface area (Å²) in [5.41, 5.74) is 0.784. The highest BCUT2D eigenvalue weighted by Crippen LogP contribution is 2.58. The van der Waals surface area contributed by atoms with Gasteiger partial charge in [-0.05, 0) is 108 Å². The van der Waals surface area contributed by atoms with Crippen LogP contribution in [0.25, 0.3) is 5.57 Å². The van der Waals surface area contributed by atoms with Crippen molar-refractivity contribution in [3.63, 3.8) is 0 Å². The van der Waals surface area contributed by atoms with Crippen molar-refractivity contribution in [3.05, 3.63) is 92.5 Å². The molecule has 3 N–H and O–H groups in total. The van der Waals surface area contributed by atoms with Crippen LogP contribution in [-0.4, -0.2) is 73.8 Å². The fraction of sp³-hybridized carbons (Fsp3) is 0.560. The van der Waals surface area contributed by atoms with Gasteiger partial charge in [0.15, 0.2) is 14.1 Å². The van der Waals surface area contributed by atoms with E-state index in [1.54, 1.807) is 30.3 Å². The molecule has 3 aromatic carbocycles. The van der Waals surface area contributed by atoms with Gasteiger partial charge in [0.1, 0.15) is 30.2 Å². The van der Waals surface area contributed by atoms with Crippen molar-refractivity contribution in [3.8, 4) is 11.5 Å². The van der Waals surface area contributed by atoms with Gasteiger partial charge in [-0.15, -0.1) is 0 Å². The Balaban J connectivity index is 1.53. The van der Waals surface area contributed by atoms with Crippen LogP contribution in [0.15, 0.2) is 59.5 Å². The minimum atomic E-state index is -4.40. The monoisotopic (exact) mass is 1050 g/mol. The molecule has 0 radical (unpaired) electrons. The maximum Gasteiger partial charge on any atom is 0.308 e. The molecule has 0 aromatic heterocycles. The summed E-state index contributed by atoms with van der Waals surface area (Å²) >= 11 is 14.5. The fourth-order valence-corrected chi connectivity index (χ4v) is 17.2. The SMILES string of the molecule is CC[Si](CC)(CC)Oc1cc([C@H](CC(=O)OC[C@H](O[Si](C)(C)C(C)(C)C)c2ccc3c(c2Cl)C2=C[C@H](O)C[C@]2(O)[C@H]3OS(=O)(=O)c2ccc(C)cc2)NC(C)=O)cc(Cl)c1O[Si](CC)(CC)CC. The zero-order valence-electron chi connectivity index (χ0n) is 42.1. The molecule has 12 nitrogen and oxygen atoms in total. The van der Waals surface area contributed by atoms with E-state index in [0.29, 0.717) is 38.8 Å². The minimum Gasteiger partial charge on any atom is -0.541 e. The first-order valence-electron chi connectivity index (χ1n) is 24.0. The Bertz CT molecular complexity index is 2440. The number of fused-ring (bicyclic) bond motifs is 3. The molecule has 0 spiro atoms. The highest BCUT2D eigenvalue weighted by atomic mass is 35.5. The van der Waals surface area contributed by atoms with Crippen molar-refractivity contribution < 1.29 is 50.4 Å². The number of halogens is 2. The van der Waals surface area contributed by atoms with Crippen molar-refractivity contribution in [2.24, 2.45) is 0 Å². The summed E-state index contributed by atoms with van der Waals surface area (Å²) in [7, 11) is -11.5. The second-order valence-corrected chi connectivity index (χ2v) is 36.5. The summed E-state index contributed by atoms with van der Waals surface area (Å²) in [6.45, 7) is 26.2. The number of carbonyl (C=O) groups excluding carboxylic acids is 2. The summed E-state index contributed by atoms with van der Waals surface area (Å²) in [6, 6.07) is 17.5. The number of amides is 1. The van der Waals surface area contributed by atoms with E-state index >= 15 is 0 Å². The normalized spacial score (nSPS) is 19.5. The number of rotatable bonds is 22. The second kappa shape index (κ2) is 21.8. The van der Waals surface area contributed by atoms with Gasteiger partial charge in [-0.3, -0.25) is 13.8 Å². The Morgan fingerprint density at radius 2 is 1.47 bits per heavy atom. The van der Waals surface area contributed by atoms with Crippen LogP contribution in [0.1, 0.15) is 128 Å². The largest absolute Gasteiger partial charge is 0.541 e. The molecule has 0 aliphatic heterocycles. The van der Waals surface area contributed by atoms with Gasteiger partial charge in [0, 0.05) is 24.5 Å². The molecule has 0 bridgehead atoms. The van der Waals surface area contributed by atoms with E-state index in [9.17, 15) is 28.2 Å². The molecule has 0 unspecified atom stereocenters. The average Bonchev–Trinajstić information content (AvgIpc) is 3.69. The Morgan fingerprint density at radius 3 is 2.01 bits per heavy atom. The van der Waals surface area contributed by atoms with Gasteiger partial charge in [-0.1, -0.05) is 115 Å². The first-order chi connectivity index (χ1) is 31.7. The highest BCUT2D eigenvalue weighted by Gasteiger charge is 2.56. The molecule has 0 fully saturated rings. The molecule has 5 rings (SSSR count). The predicted octanol–water partition coefficient (Wildman–Crippen LogP) is 12.3. The third kappa shape index (κ3) is 11.8. The van der Waals surface area contributed by atoms with Crippen LogP contribution < -0.4 is 14.2 Å². The summed E-state index contributed by atoms with van der Waals surface area (Å²) in [5, 5.41) is 26.2. The van der Waals surface area contributed by atoms with Gasteiger partial charge in [0.2, 0.25) is 5.91 Å². The van der Waals surface area contributed by atoms with E-state index in [1.807, 2.05) is 13.0 Å². The summed E-state index contributed by atoms with van der Waals surface area (Å²) in [6.07, 6.45) is -2.48. The van der Waals surface area contributed by atoms with Crippen LogP contribution >= 0.6 is 23.2 Å². The van der Waals surface area contributed by atoms with Crippen LogP contribution in [0, 0.1) is 6.92 Å². The lowest BCUT2D eigenvalue weighted by Gasteiger charge is -2.39. The molecular weight excluding hydrogens is 978 g/mol. The van der Waals surface area contributed by atoms with E-state index in [0.717, 1.165) is 41.8 Å². The smallest absolute Gasteiger partial charge is 0.308 e. The Labute approximate surface area is 418 Å². The standard InChI is InChI=1S/C50H73Cl2NO11SSi3/c1-14-67(15-2,16-3)63-42-27-34(26-40(51)47(42)64-68(17-4,18-5)19-6)41(53-33(8)54)29-44(56)60-31-43(62-66(12,13)49(9,10)11)37-24-25-38-45(46(37)52)39-28-35(55)30-50(39,57)48(38)61-65(58,59)36-22-20-32(7)21-23-36/h20-28,35,41,43,48,55,57H,14-19,29-31H2,1-13H3,(H,53,54)/t35-,41-,43-,48-,50+/m0/s1. The molecule has 2 aliphatic rings. The third-order valence-electron chi connectivity index (χ3n) is 14.7. The number of benzene rings is 3. The number of aliphatic hydroxyl groups excluding tert-OH is 1. The minimum absolute atomic E-state index is 0.0862. The van der Waals surface area contributed by atoms with Crippen LogP contribution in [-0.2, 0) is 33.1 Å². The van der Waals surface area contributed by atoms with Gasteiger partial charge < -0.3 is 33.5 Å². The molecular formula is C50H73Cl2NO11SSi3. The van der Waals surface area contributed by atoms with E-state index in [1.165, 1.54) is 25.1 Å². The summed E-state index contributed by atoms with van der Waals surface area (Å²) in [4.78, 5) is 26.9. The van der Waals surface area contributed by atoms with E-state index in [-0.39, 0.29) is 45.9 Å². The van der Waals surface area contributed by atoms with Crippen LogP contribution in [0.3, 0.4) is 0 Å². The number of hydrogen-bond donors (Lipinski definition) is 3. The lowest BCUT2D eigenvalue weighted by molar-refractivity contribution is -0.147. The third-order valence-corrected chi connectivity index (χ3v) is 30.2. The maximum absolute atomic E-state index is 14.2. The first-order valence-corrected chi connectivity index (χ1v) is 34.1. The molecule has 2 aliphatic carbocycles. The van der Waals surface area contributed by atoms with E-state index in [4.69, 9.17) is 45.4 Å². The molecule has 1 amide bonds. The Morgan fingerprint density at radius 1 is 0.897 bits per heavy atom. The van der Waals surface area contributed by atoms with Crippen molar-refractivity contribution in [1.29, 1.82) is 0 Å². The van der Waals surface area contributed by atoms with Crippen molar-refractivity contribution >= 4 is 75.7 Å². The molecule has 5 atom stereocenters. The van der Waals surface area contributed by atoms with Crippen LogP contribution in [0.5, 0.6) is 11.5 Å². The molecule has 376 valence electrons. The van der Waals surface area contributed by atoms with Gasteiger partial charge in [-0.25, -0.2) is 0 Å². The quantitative estimate of drug-likeness (QED) is 0.0498. The van der Waals surface area contributed by atoms with E-state index < -0.39 is 71.0 Å². The van der Waals surface area contributed by atoms with Crippen molar-refractivity contribution in [2.75, 3.05) is 6.61 Å². The van der Waals surface area contributed by atoms with E-state index in [2.05, 4.69) is 80.7 Å². The van der Waals surface area contributed by atoms with Crippen LogP contribution in [0.2, 0.25) is 64.4 Å². The Hall–Kier alpha value is -3.04. The van der Waals surface area contributed by atoms with Gasteiger partial charge in [-0.2, -0.15) is 8.42 Å². The number of ether oxygens (including phenoxy) is 1. The summed E-state index contributed by atoms with van der Waals surface area (Å²) in [5.74, 6) is 0.0305. The predicted molar refractivity (Wildman–Crippen MR) is 277 cm³/mol.